The molecule has 1 rings (SSSR count). The summed E-state index contributed by atoms with van der Waals surface area (Å²) in [7, 11) is 0. The molecule has 1 aliphatic rings. The molecular weight excluding hydrogens is 148 g/mol. The highest BCUT2D eigenvalue weighted by atomic mass is 16.3. The molecule has 2 amide bonds. The van der Waals surface area contributed by atoms with Crippen molar-refractivity contribution in [2.75, 3.05) is 13.2 Å². The second-order valence-corrected chi connectivity index (χ2v) is 2.61. The van der Waals surface area contributed by atoms with Crippen molar-refractivity contribution >= 4 is 6.03 Å². The molecular formula is C6H12N2O3. The molecule has 0 aromatic rings. The highest BCUT2D eigenvalue weighted by molar-refractivity contribution is 5.75. The molecule has 0 saturated carbocycles. The summed E-state index contributed by atoms with van der Waals surface area (Å²) >= 11 is 0. The fourth-order valence-electron chi connectivity index (χ4n) is 1.11. The molecule has 2 unspecified atom stereocenters. The van der Waals surface area contributed by atoms with Crippen LogP contribution in [0.4, 0.5) is 4.79 Å². The van der Waals surface area contributed by atoms with Crippen molar-refractivity contribution in [2.24, 2.45) is 0 Å². The van der Waals surface area contributed by atoms with Crippen LogP contribution in [0.15, 0.2) is 0 Å². The van der Waals surface area contributed by atoms with Gasteiger partial charge in [-0.25, -0.2) is 4.79 Å². The van der Waals surface area contributed by atoms with Crippen LogP contribution in [0.2, 0.25) is 0 Å². The second-order valence-electron chi connectivity index (χ2n) is 2.61. The van der Waals surface area contributed by atoms with Crippen molar-refractivity contribution in [3.63, 3.8) is 0 Å². The van der Waals surface area contributed by atoms with Gasteiger partial charge in [-0.3, -0.25) is 0 Å². The van der Waals surface area contributed by atoms with Crippen LogP contribution in [-0.2, 0) is 0 Å². The van der Waals surface area contributed by atoms with E-state index < -0.39 is 0 Å². The monoisotopic (exact) mass is 160 g/mol. The number of nitrogens with one attached hydrogen (secondary N) is 2. The molecule has 2 atom stereocenters. The normalized spacial score (nSPS) is 30.9. The number of carbonyl (C=O) groups excluding carboxylic acids is 1. The van der Waals surface area contributed by atoms with Crippen molar-refractivity contribution in [1.29, 1.82) is 0 Å². The van der Waals surface area contributed by atoms with E-state index in [1.165, 1.54) is 0 Å². The smallest absolute Gasteiger partial charge is 0.315 e. The fourth-order valence-corrected chi connectivity index (χ4v) is 1.11. The minimum Gasteiger partial charge on any atom is -0.394 e. The van der Waals surface area contributed by atoms with E-state index in [9.17, 15) is 4.79 Å². The molecule has 5 nitrogen and oxygen atoms in total. The predicted octanol–water partition coefficient (Wildman–Crippen LogP) is -1.59. The zero-order valence-electron chi connectivity index (χ0n) is 6.08. The zero-order chi connectivity index (χ0) is 8.27. The lowest BCUT2D eigenvalue weighted by molar-refractivity contribution is 0.161. The second kappa shape index (κ2) is 3.54. The first-order chi connectivity index (χ1) is 5.26. The average molecular weight is 160 g/mol. The first-order valence-electron chi connectivity index (χ1n) is 3.55. The molecule has 11 heavy (non-hydrogen) atoms. The van der Waals surface area contributed by atoms with Gasteiger partial charge in [0.2, 0.25) is 0 Å². The molecule has 0 spiro atoms. The minimum atomic E-state index is -0.325. The number of amides is 2. The lowest BCUT2D eigenvalue weighted by atomic mass is 10.1. The largest absolute Gasteiger partial charge is 0.394 e. The van der Waals surface area contributed by atoms with Gasteiger partial charge in [-0.2, -0.15) is 0 Å². The maximum Gasteiger partial charge on any atom is 0.315 e. The van der Waals surface area contributed by atoms with Crippen molar-refractivity contribution in [2.45, 2.75) is 18.5 Å². The van der Waals surface area contributed by atoms with E-state index in [0.717, 1.165) is 0 Å². The third kappa shape index (κ3) is 2.06. The van der Waals surface area contributed by atoms with Crippen LogP contribution >= 0.6 is 0 Å². The van der Waals surface area contributed by atoms with Gasteiger partial charge in [0.05, 0.1) is 25.3 Å². The molecule has 1 heterocycles. The van der Waals surface area contributed by atoms with E-state index >= 15 is 0 Å². The third-order valence-corrected chi connectivity index (χ3v) is 1.68. The third-order valence-electron chi connectivity index (χ3n) is 1.68. The van der Waals surface area contributed by atoms with Crippen LogP contribution in [0.5, 0.6) is 0 Å². The van der Waals surface area contributed by atoms with E-state index in [1.807, 2.05) is 0 Å². The molecule has 64 valence electrons. The summed E-state index contributed by atoms with van der Waals surface area (Å²) in [5.74, 6) is 0. The molecule has 0 radical (unpaired) electrons. The van der Waals surface area contributed by atoms with Crippen molar-refractivity contribution < 1.29 is 15.0 Å². The van der Waals surface area contributed by atoms with E-state index in [4.69, 9.17) is 10.2 Å². The van der Waals surface area contributed by atoms with Crippen molar-refractivity contribution in [3.8, 4) is 0 Å². The van der Waals surface area contributed by atoms with Gasteiger partial charge in [-0.05, 0) is 6.42 Å². The predicted molar refractivity (Wildman–Crippen MR) is 38.0 cm³/mol. The van der Waals surface area contributed by atoms with Crippen LogP contribution in [0.1, 0.15) is 6.42 Å². The van der Waals surface area contributed by atoms with E-state index in [2.05, 4.69) is 10.6 Å². The lowest BCUT2D eigenvalue weighted by Crippen LogP contribution is -2.56. The Morgan fingerprint density at radius 2 is 1.73 bits per heavy atom. The van der Waals surface area contributed by atoms with Gasteiger partial charge in [0.1, 0.15) is 0 Å². The molecule has 0 aromatic carbocycles. The Morgan fingerprint density at radius 3 is 2.09 bits per heavy atom. The molecule has 1 saturated heterocycles. The number of aliphatic hydroxyl groups is 2. The summed E-state index contributed by atoms with van der Waals surface area (Å²) < 4.78 is 0. The van der Waals surface area contributed by atoms with Gasteiger partial charge in [0, 0.05) is 0 Å². The summed E-state index contributed by atoms with van der Waals surface area (Å²) in [6, 6.07) is -0.767. The van der Waals surface area contributed by atoms with Gasteiger partial charge >= 0.3 is 6.03 Å². The maximum absolute atomic E-state index is 10.8. The fraction of sp³-hybridized carbons (Fsp3) is 0.833. The Morgan fingerprint density at radius 1 is 1.27 bits per heavy atom. The number of urea groups is 1. The molecule has 1 fully saturated rings. The van der Waals surface area contributed by atoms with E-state index in [1.54, 1.807) is 0 Å². The van der Waals surface area contributed by atoms with Gasteiger partial charge < -0.3 is 20.8 Å². The minimum absolute atomic E-state index is 0.0794. The van der Waals surface area contributed by atoms with Crippen LogP contribution in [0.25, 0.3) is 0 Å². The Balaban J connectivity index is 2.43. The highest BCUT2D eigenvalue weighted by Crippen LogP contribution is 2.02. The lowest BCUT2D eigenvalue weighted by Gasteiger charge is -2.28. The van der Waals surface area contributed by atoms with Gasteiger partial charge in [-0.1, -0.05) is 0 Å². The molecule has 5 heteroatoms. The Kier molecular flexibility index (Phi) is 2.67. The van der Waals surface area contributed by atoms with Crippen LogP contribution in [0, 0.1) is 0 Å². The molecule has 0 bridgehead atoms. The SMILES string of the molecule is O=C1NC(CO)CC(CO)N1. The van der Waals surface area contributed by atoms with Gasteiger partial charge in [-0.15, -0.1) is 0 Å². The molecule has 1 aliphatic heterocycles. The summed E-state index contributed by atoms with van der Waals surface area (Å²) in [6.45, 7) is -0.159. The Hall–Kier alpha value is -0.810. The van der Waals surface area contributed by atoms with Crippen molar-refractivity contribution in [3.05, 3.63) is 0 Å². The van der Waals surface area contributed by atoms with Crippen LogP contribution in [-0.4, -0.2) is 41.5 Å². The number of hydrogen-bond acceptors (Lipinski definition) is 3. The van der Waals surface area contributed by atoms with Gasteiger partial charge in [0.15, 0.2) is 0 Å². The van der Waals surface area contributed by atoms with Gasteiger partial charge in [0.25, 0.3) is 0 Å². The summed E-state index contributed by atoms with van der Waals surface area (Å²) in [6.07, 6.45) is 0.568. The first-order valence-corrected chi connectivity index (χ1v) is 3.55. The zero-order valence-corrected chi connectivity index (χ0v) is 6.08. The summed E-state index contributed by atoms with van der Waals surface area (Å²) in [4.78, 5) is 10.8. The molecule has 4 N–H and O–H groups in total. The molecule has 0 aliphatic carbocycles. The first kappa shape index (κ1) is 8.29. The van der Waals surface area contributed by atoms with E-state index in [0.29, 0.717) is 6.42 Å². The number of hydrogen-bond donors (Lipinski definition) is 4. The number of carbonyl (C=O) groups is 1. The quantitative estimate of drug-likeness (QED) is 0.393. The Bertz CT molecular complexity index is 137. The Labute approximate surface area is 64.4 Å². The number of aliphatic hydroxyl groups excluding tert-OH is 2. The van der Waals surface area contributed by atoms with Crippen LogP contribution in [0.3, 0.4) is 0 Å². The average Bonchev–Trinajstić information content (AvgIpc) is 2.03. The maximum atomic E-state index is 10.8. The van der Waals surface area contributed by atoms with Crippen LogP contribution < -0.4 is 10.6 Å². The summed E-state index contributed by atoms with van der Waals surface area (Å²) in [5.41, 5.74) is 0. The standard InChI is InChI=1S/C6H12N2O3/c9-2-4-1-5(3-10)8-6(11)7-4/h4-5,9-10H,1-3H2,(H2,7,8,11). The van der Waals surface area contributed by atoms with E-state index in [-0.39, 0.29) is 31.3 Å². The molecule has 0 aromatic heterocycles. The van der Waals surface area contributed by atoms with Crippen molar-refractivity contribution in [1.82, 2.24) is 10.6 Å². The highest BCUT2D eigenvalue weighted by Gasteiger charge is 2.23. The number of rotatable bonds is 2. The summed E-state index contributed by atoms with van der Waals surface area (Å²) in [5, 5.41) is 22.4. The topological polar surface area (TPSA) is 81.6 Å².